The van der Waals surface area contributed by atoms with Gasteiger partial charge in [0, 0.05) is 44.6 Å². The molecule has 1 aliphatic heterocycles. The number of nitrogens with zero attached hydrogens (tertiary/aromatic N) is 5. The minimum absolute atomic E-state index is 0. The van der Waals surface area contributed by atoms with E-state index in [1.54, 1.807) is 0 Å². The first-order valence-electron chi connectivity index (χ1n) is 10.7. The largest absolute Gasteiger partial charge is 0.356 e. The van der Waals surface area contributed by atoms with E-state index in [9.17, 15) is 0 Å². The molecular formula is C22H36IN7. The Morgan fingerprint density at radius 2 is 2.07 bits per heavy atom. The highest BCUT2D eigenvalue weighted by Crippen LogP contribution is 2.16. The summed E-state index contributed by atoms with van der Waals surface area (Å²) >= 11 is 0. The van der Waals surface area contributed by atoms with Gasteiger partial charge in [-0.05, 0) is 64.3 Å². The van der Waals surface area contributed by atoms with E-state index in [0.717, 1.165) is 54.3 Å². The lowest BCUT2D eigenvalue weighted by Crippen LogP contribution is -2.41. The van der Waals surface area contributed by atoms with Gasteiger partial charge in [-0.1, -0.05) is 12.5 Å². The Morgan fingerprint density at radius 3 is 2.70 bits per heavy atom. The van der Waals surface area contributed by atoms with E-state index in [0.29, 0.717) is 6.54 Å². The molecule has 0 amide bonds. The number of aryl methyl sites for hydroxylation is 2. The summed E-state index contributed by atoms with van der Waals surface area (Å²) in [6.07, 6.45) is 7.08. The second kappa shape index (κ2) is 12.2. The summed E-state index contributed by atoms with van der Waals surface area (Å²) in [5.41, 5.74) is 3.20. The van der Waals surface area contributed by atoms with Gasteiger partial charge in [0.05, 0.1) is 5.69 Å². The minimum atomic E-state index is 0. The number of aliphatic imine (C=N–C) groups is 1. The lowest BCUT2D eigenvalue weighted by Gasteiger charge is -2.33. The van der Waals surface area contributed by atoms with Crippen molar-refractivity contribution in [3.63, 3.8) is 0 Å². The Morgan fingerprint density at radius 1 is 1.23 bits per heavy atom. The lowest BCUT2D eigenvalue weighted by molar-refractivity contribution is 0.159. The van der Waals surface area contributed by atoms with Crippen molar-refractivity contribution in [3.8, 4) is 5.82 Å². The van der Waals surface area contributed by atoms with Crippen molar-refractivity contribution in [1.82, 2.24) is 30.3 Å². The summed E-state index contributed by atoms with van der Waals surface area (Å²) in [7, 11) is 1.81. The van der Waals surface area contributed by atoms with Crippen LogP contribution in [0.3, 0.4) is 0 Å². The Kier molecular flexibility index (Phi) is 10.0. The normalized spacial score (nSPS) is 17.5. The van der Waals surface area contributed by atoms with Crippen LogP contribution in [0.25, 0.3) is 5.82 Å². The maximum absolute atomic E-state index is 4.56. The number of hydrogen-bond donors (Lipinski definition) is 2. The molecule has 0 bridgehead atoms. The van der Waals surface area contributed by atoms with Gasteiger partial charge in [0.15, 0.2) is 11.8 Å². The molecule has 1 aliphatic rings. The Bertz CT molecular complexity index is 800. The van der Waals surface area contributed by atoms with E-state index >= 15 is 0 Å². The van der Waals surface area contributed by atoms with E-state index in [2.05, 4.69) is 49.7 Å². The highest BCUT2D eigenvalue weighted by molar-refractivity contribution is 14.0. The van der Waals surface area contributed by atoms with Crippen LogP contribution in [0.1, 0.15) is 49.6 Å². The van der Waals surface area contributed by atoms with Crippen molar-refractivity contribution >= 4 is 29.9 Å². The highest BCUT2D eigenvalue weighted by Gasteiger charge is 2.17. The number of piperidine rings is 1. The SMILES string of the molecule is CN=C(NCCCN1CCCCC1C)NCc1ccc(-n2nc(C)cc2C)nc1.I. The van der Waals surface area contributed by atoms with E-state index in [1.165, 1.54) is 25.8 Å². The summed E-state index contributed by atoms with van der Waals surface area (Å²) in [6.45, 7) is 10.4. The van der Waals surface area contributed by atoms with E-state index < -0.39 is 0 Å². The first kappa shape index (κ1) is 24.6. The van der Waals surface area contributed by atoms with Gasteiger partial charge in [-0.15, -0.1) is 24.0 Å². The number of hydrogen-bond acceptors (Lipinski definition) is 4. The molecule has 30 heavy (non-hydrogen) atoms. The fourth-order valence-electron chi connectivity index (χ4n) is 3.89. The van der Waals surface area contributed by atoms with Crippen molar-refractivity contribution < 1.29 is 0 Å². The maximum atomic E-state index is 4.56. The first-order chi connectivity index (χ1) is 14.1. The van der Waals surface area contributed by atoms with Crippen molar-refractivity contribution in [2.75, 3.05) is 26.7 Å². The molecule has 0 aromatic carbocycles. The minimum Gasteiger partial charge on any atom is -0.356 e. The molecule has 2 N–H and O–H groups in total. The third-order valence-electron chi connectivity index (χ3n) is 5.57. The number of halogens is 1. The van der Waals surface area contributed by atoms with Crippen molar-refractivity contribution in [2.45, 2.75) is 59.0 Å². The van der Waals surface area contributed by atoms with Gasteiger partial charge in [0.2, 0.25) is 0 Å². The van der Waals surface area contributed by atoms with Crippen LogP contribution in [0.15, 0.2) is 29.4 Å². The smallest absolute Gasteiger partial charge is 0.191 e. The lowest BCUT2D eigenvalue weighted by atomic mass is 10.0. The van der Waals surface area contributed by atoms with Crippen LogP contribution in [0, 0.1) is 13.8 Å². The number of pyridine rings is 1. The molecule has 166 valence electrons. The Balaban J connectivity index is 0.00000320. The molecule has 0 aliphatic carbocycles. The summed E-state index contributed by atoms with van der Waals surface area (Å²) < 4.78 is 1.87. The van der Waals surface area contributed by atoms with Gasteiger partial charge >= 0.3 is 0 Å². The third-order valence-corrected chi connectivity index (χ3v) is 5.57. The van der Waals surface area contributed by atoms with E-state index in [4.69, 9.17) is 0 Å². The highest BCUT2D eigenvalue weighted by atomic mass is 127. The quantitative estimate of drug-likeness (QED) is 0.251. The van der Waals surface area contributed by atoms with Gasteiger partial charge in [-0.2, -0.15) is 5.10 Å². The first-order valence-corrected chi connectivity index (χ1v) is 10.7. The van der Waals surface area contributed by atoms with E-state index in [-0.39, 0.29) is 24.0 Å². The molecule has 7 nitrogen and oxygen atoms in total. The summed E-state index contributed by atoms with van der Waals surface area (Å²) in [5, 5.41) is 11.3. The molecule has 8 heteroatoms. The van der Waals surface area contributed by atoms with Crippen LogP contribution in [0.4, 0.5) is 0 Å². The maximum Gasteiger partial charge on any atom is 0.191 e. The Labute approximate surface area is 197 Å². The van der Waals surface area contributed by atoms with Crippen LogP contribution in [0.2, 0.25) is 0 Å². The predicted octanol–water partition coefficient (Wildman–Crippen LogP) is 3.43. The number of likely N-dealkylation sites (tertiary alicyclic amines) is 1. The fraction of sp³-hybridized carbons (Fsp3) is 0.591. The third kappa shape index (κ3) is 6.94. The summed E-state index contributed by atoms with van der Waals surface area (Å²) in [4.78, 5) is 11.5. The van der Waals surface area contributed by atoms with Gasteiger partial charge in [-0.25, -0.2) is 9.67 Å². The molecule has 1 unspecified atom stereocenters. The topological polar surface area (TPSA) is 70.4 Å². The average molecular weight is 525 g/mol. The molecule has 1 fully saturated rings. The average Bonchev–Trinajstić information content (AvgIpc) is 3.07. The van der Waals surface area contributed by atoms with Gasteiger partial charge in [0.25, 0.3) is 0 Å². The molecule has 1 atom stereocenters. The van der Waals surface area contributed by atoms with E-state index in [1.807, 2.05) is 37.8 Å². The molecule has 0 saturated carbocycles. The van der Waals surface area contributed by atoms with Crippen molar-refractivity contribution in [1.29, 1.82) is 0 Å². The second-order valence-corrected chi connectivity index (χ2v) is 7.95. The molecule has 0 spiro atoms. The fourth-order valence-corrected chi connectivity index (χ4v) is 3.89. The van der Waals surface area contributed by atoms with Crippen molar-refractivity contribution in [2.24, 2.45) is 4.99 Å². The van der Waals surface area contributed by atoms with Crippen LogP contribution < -0.4 is 10.6 Å². The zero-order chi connectivity index (χ0) is 20.6. The van der Waals surface area contributed by atoms with Crippen LogP contribution in [-0.2, 0) is 6.54 Å². The molecule has 0 radical (unpaired) electrons. The molecule has 1 saturated heterocycles. The van der Waals surface area contributed by atoms with Gasteiger partial charge in [0.1, 0.15) is 0 Å². The molecular weight excluding hydrogens is 489 g/mol. The van der Waals surface area contributed by atoms with Crippen molar-refractivity contribution in [3.05, 3.63) is 41.3 Å². The number of rotatable bonds is 7. The van der Waals surface area contributed by atoms with Crippen LogP contribution in [-0.4, -0.2) is 58.3 Å². The van der Waals surface area contributed by atoms with Crippen LogP contribution >= 0.6 is 24.0 Å². The standard InChI is InChI=1S/C22H35N7.HI/c1-17-14-19(3)29(27-17)21-10-9-20(15-25-21)16-26-22(23-4)24-11-7-13-28-12-6-5-8-18(28)2;/h9-10,14-15,18H,5-8,11-13,16H2,1-4H3,(H2,23,24,26);1H. The monoisotopic (exact) mass is 525 g/mol. The number of aromatic nitrogens is 3. The van der Waals surface area contributed by atoms with Gasteiger partial charge in [-0.3, -0.25) is 4.99 Å². The molecule has 3 rings (SSSR count). The zero-order valence-electron chi connectivity index (χ0n) is 18.7. The number of nitrogens with one attached hydrogen (secondary N) is 2. The molecule has 3 heterocycles. The molecule has 2 aromatic heterocycles. The Hall–Kier alpha value is -1.68. The summed E-state index contributed by atoms with van der Waals surface area (Å²) in [5.74, 6) is 1.67. The van der Waals surface area contributed by atoms with Gasteiger partial charge < -0.3 is 15.5 Å². The van der Waals surface area contributed by atoms with Crippen LogP contribution in [0.5, 0.6) is 0 Å². The zero-order valence-corrected chi connectivity index (χ0v) is 21.0. The number of guanidine groups is 1. The summed E-state index contributed by atoms with van der Waals surface area (Å²) in [6, 6.07) is 6.87. The predicted molar refractivity (Wildman–Crippen MR) is 134 cm³/mol. The second-order valence-electron chi connectivity index (χ2n) is 7.95. The molecule has 2 aromatic rings.